The van der Waals surface area contributed by atoms with E-state index in [-0.39, 0.29) is 0 Å². The summed E-state index contributed by atoms with van der Waals surface area (Å²) < 4.78 is 0. The summed E-state index contributed by atoms with van der Waals surface area (Å²) in [6.45, 7) is 1.15. The zero-order valence-electron chi connectivity index (χ0n) is 4.83. The zero-order valence-corrected chi connectivity index (χ0v) is 4.83. The summed E-state index contributed by atoms with van der Waals surface area (Å²) in [6.07, 6.45) is 4.18. The molecule has 7 heavy (non-hydrogen) atoms. The molecule has 0 spiro atoms. The van der Waals surface area contributed by atoms with Gasteiger partial charge in [0.2, 0.25) is 0 Å². The summed E-state index contributed by atoms with van der Waals surface area (Å²) in [5, 5.41) is 3.13. The Kier molecular flexibility index (Phi) is 1.69. The third-order valence-corrected chi connectivity index (χ3v) is 1.49. The third-order valence-electron chi connectivity index (χ3n) is 1.49. The first-order valence-corrected chi connectivity index (χ1v) is 2.91. The van der Waals surface area contributed by atoms with Crippen LogP contribution in [-0.2, 0) is 0 Å². The molecule has 0 aliphatic heterocycles. The van der Waals surface area contributed by atoms with E-state index < -0.39 is 0 Å². The van der Waals surface area contributed by atoms with E-state index in [9.17, 15) is 0 Å². The first kappa shape index (κ1) is 5.10. The highest BCUT2D eigenvalue weighted by Gasteiger charge is 2.15. The van der Waals surface area contributed by atoms with E-state index >= 15 is 0 Å². The SMILES string of the molecule is CNC[C]1CCC1. The fraction of sp³-hybridized carbons (Fsp3) is 0.833. The minimum Gasteiger partial charge on any atom is -0.319 e. The van der Waals surface area contributed by atoms with E-state index in [4.69, 9.17) is 0 Å². The van der Waals surface area contributed by atoms with Crippen LogP contribution in [0.1, 0.15) is 19.3 Å². The number of nitrogens with one attached hydrogen (secondary N) is 1. The summed E-state index contributed by atoms with van der Waals surface area (Å²) in [4.78, 5) is 0. The van der Waals surface area contributed by atoms with Crippen molar-refractivity contribution in [3.05, 3.63) is 5.92 Å². The van der Waals surface area contributed by atoms with Gasteiger partial charge in [-0.3, -0.25) is 0 Å². The van der Waals surface area contributed by atoms with Gasteiger partial charge in [0.1, 0.15) is 0 Å². The molecule has 0 unspecified atom stereocenters. The maximum absolute atomic E-state index is 3.13. The van der Waals surface area contributed by atoms with E-state index in [1.165, 1.54) is 19.3 Å². The molecule has 0 aromatic rings. The average Bonchev–Trinajstić information content (AvgIpc) is 1.55. The highest BCUT2D eigenvalue weighted by Crippen LogP contribution is 2.27. The molecule has 0 atom stereocenters. The van der Waals surface area contributed by atoms with Gasteiger partial charge in [-0.2, -0.15) is 0 Å². The van der Waals surface area contributed by atoms with Crippen molar-refractivity contribution in [2.24, 2.45) is 0 Å². The number of rotatable bonds is 2. The van der Waals surface area contributed by atoms with Crippen molar-refractivity contribution in [3.8, 4) is 0 Å². The van der Waals surface area contributed by atoms with Crippen molar-refractivity contribution >= 4 is 0 Å². The zero-order chi connectivity index (χ0) is 5.11. The van der Waals surface area contributed by atoms with Crippen LogP contribution >= 0.6 is 0 Å². The second-order valence-corrected chi connectivity index (χ2v) is 2.13. The lowest BCUT2D eigenvalue weighted by Crippen LogP contribution is -2.22. The van der Waals surface area contributed by atoms with Crippen molar-refractivity contribution < 1.29 is 0 Å². The normalized spacial score (nSPS) is 21.9. The van der Waals surface area contributed by atoms with Gasteiger partial charge < -0.3 is 5.32 Å². The lowest BCUT2D eigenvalue weighted by Gasteiger charge is -2.23. The topological polar surface area (TPSA) is 12.0 Å². The monoisotopic (exact) mass is 98.1 g/mol. The fourth-order valence-corrected chi connectivity index (χ4v) is 0.854. The molecule has 1 aliphatic rings. The number of hydrogen-bond donors (Lipinski definition) is 1. The van der Waals surface area contributed by atoms with Crippen LogP contribution in [0.15, 0.2) is 0 Å². The summed E-state index contributed by atoms with van der Waals surface area (Å²) in [7, 11) is 2.01. The van der Waals surface area contributed by atoms with Gasteiger partial charge in [-0.1, -0.05) is 6.42 Å². The lowest BCUT2D eigenvalue weighted by atomic mass is 9.86. The van der Waals surface area contributed by atoms with Gasteiger partial charge in [-0.05, 0) is 25.8 Å². The molecule has 1 nitrogen and oxygen atoms in total. The molecule has 0 heterocycles. The summed E-state index contributed by atoms with van der Waals surface area (Å²) >= 11 is 0. The molecule has 0 amide bonds. The van der Waals surface area contributed by atoms with Gasteiger partial charge in [0.05, 0.1) is 0 Å². The summed E-state index contributed by atoms with van der Waals surface area (Å²) in [5.74, 6) is 1.70. The molecular weight excluding hydrogens is 86.1 g/mol. The Morgan fingerprint density at radius 1 is 1.57 bits per heavy atom. The summed E-state index contributed by atoms with van der Waals surface area (Å²) in [6, 6.07) is 0. The third kappa shape index (κ3) is 1.16. The summed E-state index contributed by atoms with van der Waals surface area (Å²) in [5.41, 5.74) is 0. The lowest BCUT2D eigenvalue weighted by molar-refractivity contribution is 0.513. The van der Waals surface area contributed by atoms with E-state index in [0.717, 1.165) is 6.54 Å². The number of hydrogen-bond acceptors (Lipinski definition) is 1. The maximum atomic E-state index is 3.13. The highest BCUT2D eigenvalue weighted by atomic mass is 14.8. The van der Waals surface area contributed by atoms with Gasteiger partial charge in [-0.25, -0.2) is 0 Å². The van der Waals surface area contributed by atoms with Crippen LogP contribution in [0.5, 0.6) is 0 Å². The average molecular weight is 98.2 g/mol. The van der Waals surface area contributed by atoms with E-state index in [1.54, 1.807) is 5.92 Å². The van der Waals surface area contributed by atoms with E-state index in [1.807, 2.05) is 7.05 Å². The van der Waals surface area contributed by atoms with Crippen LogP contribution in [0.4, 0.5) is 0 Å². The fourth-order valence-electron chi connectivity index (χ4n) is 0.854. The molecule has 0 aromatic heterocycles. The van der Waals surface area contributed by atoms with Crippen molar-refractivity contribution in [2.45, 2.75) is 19.3 Å². The molecule has 1 aliphatic carbocycles. The molecule has 0 bridgehead atoms. The van der Waals surface area contributed by atoms with Gasteiger partial charge in [0.25, 0.3) is 0 Å². The first-order valence-electron chi connectivity index (χ1n) is 2.91. The highest BCUT2D eigenvalue weighted by molar-refractivity contribution is 4.99. The predicted molar refractivity (Wildman–Crippen MR) is 31.0 cm³/mol. The largest absolute Gasteiger partial charge is 0.319 e. The molecule has 41 valence electrons. The van der Waals surface area contributed by atoms with Crippen LogP contribution in [0, 0.1) is 5.92 Å². The molecular formula is C6H12N. The van der Waals surface area contributed by atoms with Gasteiger partial charge >= 0.3 is 0 Å². The van der Waals surface area contributed by atoms with Crippen LogP contribution in [0.2, 0.25) is 0 Å². The van der Waals surface area contributed by atoms with E-state index in [2.05, 4.69) is 5.32 Å². The predicted octanol–water partition coefficient (Wildman–Crippen LogP) is 0.964. The Bertz CT molecular complexity index is 48.1. The molecule has 0 saturated heterocycles. The van der Waals surface area contributed by atoms with Crippen LogP contribution in [0.25, 0.3) is 0 Å². The van der Waals surface area contributed by atoms with Gasteiger partial charge in [0.15, 0.2) is 0 Å². The Morgan fingerprint density at radius 3 is 2.43 bits per heavy atom. The van der Waals surface area contributed by atoms with Crippen LogP contribution in [0.3, 0.4) is 0 Å². The minimum absolute atomic E-state index is 1.15. The Labute approximate surface area is 45.1 Å². The second kappa shape index (κ2) is 2.31. The minimum atomic E-state index is 1.15. The maximum Gasteiger partial charge on any atom is 0.00106 e. The van der Waals surface area contributed by atoms with Gasteiger partial charge in [0, 0.05) is 6.54 Å². The Morgan fingerprint density at radius 2 is 2.29 bits per heavy atom. The van der Waals surface area contributed by atoms with E-state index in [0.29, 0.717) is 0 Å². The smallest absolute Gasteiger partial charge is 0.00106 e. The molecule has 1 radical (unpaired) electrons. The molecule has 1 fully saturated rings. The molecule has 1 N–H and O–H groups in total. The van der Waals surface area contributed by atoms with Crippen LogP contribution < -0.4 is 5.32 Å². The van der Waals surface area contributed by atoms with Crippen molar-refractivity contribution in [2.75, 3.05) is 13.6 Å². The molecule has 1 rings (SSSR count). The Balaban J connectivity index is 1.93. The van der Waals surface area contributed by atoms with Crippen molar-refractivity contribution in [3.63, 3.8) is 0 Å². The quantitative estimate of drug-likeness (QED) is 0.542. The van der Waals surface area contributed by atoms with Crippen molar-refractivity contribution in [1.29, 1.82) is 0 Å². The van der Waals surface area contributed by atoms with Crippen molar-refractivity contribution in [1.82, 2.24) is 5.32 Å². The Hall–Kier alpha value is -0.0400. The molecule has 0 aromatic carbocycles. The second-order valence-electron chi connectivity index (χ2n) is 2.13. The molecule has 1 saturated carbocycles. The van der Waals surface area contributed by atoms with Gasteiger partial charge in [-0.15, -0.1) is 0 Å². The van der Waals surface area contributed by atoms with Crippen LogP contribution in [-0.4, -0.2) is 13.6 Å². The standard InChI is InChI=1S/C6H12N/c1-7-5-6-3-2-4-6/h7H,2-5H2,1H3. The molecule has 1 heteroatoms. The first-order chi connectivity index (χ1) is 3.43.